The van der Waals surface area contributed by atoms with Gasteiger partial charge in [0.1, 0.15) is 6.04 Å². The zero-order chi connectivity index (χ0) is 18.4. The van der Waals surface area contributed by atoms with Crippen LogP contribution in [0.3, 0.4) is 0 Å². The molecule has 3 N–H and O–H groups in total. The summed E-state index contributed by atoms with van der Waals surface area (Å²) >= 11 is 0. The van der Waals surface area contributed by atoms with Crippen molar-refractivity contribution in [1.29, 1.82) is 0 Å². The number of nitro benzene ring substituents is 1. The Labute approximate surface area is 145 Å². The van der Waals surface area contributed by atoms with Crippen LogP contribution in [-0.4, -0.2) is 57.6 Å². The number of nitro groups is 1. The van der Waals surface area contributed by atoms with Crippen molar-refractivity contribution in [3.8, 4) is 0 Å². The number of amides is 1. The molecule has 1 aromatic rings. The quantitative estimate of drug-likeness (QED) is 0.329. The Kier molecular flexibility index (Phi) is 6.42. The maximum atomic E-state index is 12.2. The molecule has 0 radical (unpaired) electrons. The van der Waals surface area contributed by atoms with Gasteiger partial charge in [-0.2, -0.15) is 0 Å². The minimum atomic E-state index is -4.05. The van der Waals surface area contributed by atoms with E-state index in [-0.39, 0.29) is 25.1 Å². The maximum absolute atomic E-state index is 12.2. The molecule has 2 rings (SSSR count). The number of hydrogen-bond acceptors (Lipinski definition) is 7. The lowest BCUT2D eigenvalue weighted by Crippen LogP contribution is -2.56. The van der Waals surface area contributed by atoms with Crippen LogP contribution in [0.5, 0.6) is 0 Å². The van der Waals surface area contributed by atoms with E-state index in [1.165, 1.54) is 12.1 Å². The smallest absolute Gasteiger partial charge is 0.289 e. The lowest BCUT2D eigenvalue weighted by Gasteiger charge is -2.29. The number of ether oxygens (including phenoxy) is 1. The Hall–Kier alpha value is -2.08. The van der Waals surface area contributed by atoms with Crippen LogP contribution in [0.25, 0.3) is 0 Å². The molecule has 0 spiro atoms. The SMILES string of the molecule is C[C@H]1OCCN[C@@H]1C(=O)NCCNS(=O)(=O)c1ccccc1[N+](=O)[O-]. The molecule has 0 aliphatic carbocycles. The summed E-state index contributed by atoms with van der Waals surface area (Å²) in [5.74, 6) is -0.294. The number of rotatable bonds is 7. The molecular weight excluding hydrogens is 352 g/mol. The summed E-state index contributed by atoms with van der Waals surface area (Å²) in [6.07, 6.45) is -0.280. The first kappa shape index (κ1) is 19.2. The second-order valence-corrected chi connectivity index (χ2v) is 7.16. The molecule has 0 saturated carbocycles. The first-order valence-corrected chi connectivity index (χ1v) is 9.17. The molecule has 10 nitrogen and oxygen atoms in total. The normalized spacial score (nSPS) is 20.8. The lowest BCUT2D eigenvalue weighted by atomic mass is 10.1. The highest BCUT2D eigenvalue weighted by Crippen LogP contribution is 2.22. The summed E-state index contributed by atoms with van der Waals surface area (Å²) in [7, 11) is -4.05. The van der Waals surface area contributed by atoms with Gasteiger partial charge in [-0.05, 0) is 13.0 Å². The van der Waals surface area contributed by atoms with Gasteiger partial charge < -0.3 is 15.4 Å². The van der Waals surface area contributed by atoms with Gasteiger partial charge in [-0.3, -0.25) is 14.9 Å². The van der Waals surface area contributed by atoms with Crippen LogP contribution in [0.15, 0.2) is 29.2 Å². The fourth-order valence-electron chi connectivity index (χ4n) is 2.42. The maximum Gasteiger partial charge on any atom is 0.289 e. The van der Waals surface area contributed by atoms with Crippen LogP contribution in [-0.2, 0) is 19.6 Å². The van der Waals surface area contributed by atoms with E-state index in [1.54, 1.807) is 6.92 Å². The zero-order valence-electron chi connectivity index (χ0n) is 13.6. The van der Waals surface area contributed by atoms with Gasteiger partial charge in [0, 0.05) is 25.7 Å². The predicted molar refractivity (Wildman–Crippen MR) is 88.5 cm³/mol. The van der Waals surface area contributed by atoms with Gasteiger partial charge in [-0.15, -0.1) is 0 Å². The molecule has 0 bridgehead atoms. The summed E-state index contributed by atoms with van der Waals surface area (Å²) < 4.78 is 32.0. The van der Waals surface area contributed by atoms with Crippen molar-refractivity contribution in [2.45, 2.75) is 24.0 Å². The van der Waals surface area contributed by atoms with Gasteiger partial charge >= 0.3 is 0 Å². The number of benzene rings is 1. The number of carbonyl (C=O) groups excluding carboxylic acids is 1. The third-order valence-electron chi connectivity index (χ3n) is 3.67. The minimum absolute atomic E-state index is 0.0452. The Bertz CT molecular complexity index is 739. The molecular formula is C14H20N4O6S. The first-order chi connectivity index (χ1) is 11.8. The average molecular weight is 372 g/mol. The molecule has 1 fully saturated rings. The molecule has 1 amide bonds. The average Bonchev–Trinajstić information content (AvgIpc) is 2.59. The summed E-state index contributed by atoms with van der Waals surface area (Å²) in [5, 5.41) is 16.6. The van der Waals surface area contributed by atoms with Crippen molar-refractivity contribution < 1.29 is 22.9 Å². The third kappa shape index (κ3) is 4.95. The van der Waals surface area contributed by atoms with E-state index in [4.69, 9.17) is 4.74 Å². The van der Waals surface area contributed by atoms with E-state index >= 15 is 0 Å². The number of carbonyl (C=O) groups is 1. The van der Waals surface area contributed by atoms with E-state index in [0.29, 0.717) is 13.2 Å². The molecule has 1 aliphatic heterocycles. The lowest BCUT2D eigenvalue weighted by molar-refractivity contribution is -0.387. The molecule has 0 aromatic heterocycles. The minimum Gasteiger partial charge on any atom is -0.375 e. The summed E-state index contributed by atoms with van der Waals surface area (Å²) in [5.41, 5.74) is -0.503. The Balaban J connectivity index is 1.89. The van der Waals surface area contributed by atoms with Gasteiger partial charge in [0.25, 0.3) is 5.69 Å². The molecule has 138 valence electrons. The Morgan fingerprint density at radius 1 is 1.40 bits per heavy atom. The number of sulfonamides is 1. The monoisotopic (exact) mass is 372 g/mol. The largest absolute Gasteiger partial charge is 0.375 e. The van der Waals surface area contributed by atoms with Crippen LogP contribution >= 0.6 is 0 Å². The fourth-order valence-corrected chi connectivity index (χ4v) is 3.62. The van der Waals surface area contributed by atoms with Gasteiger partial charge in [-0.1, -0.05) is 12.1 Å². The molecule has 1 aliphatic rings. The second-order valence-electron chi connectivity index (χ2n) is 5.42. The van der Waals surface area contributed by atoms with Crippen LogP contribution < -0.4 is 15.4 Å². The van der Waals surface area contributed by atoms with Crippen molar-refractivity contribution in [2.75, 3.05) is 26.2 Å². The van der Waals surface area contributed by atoms with Crippen molar-refractivity contribution in [1.82, 2.24) is 15.4 Å². The number of nitrogens with zero attached hydrogens (tertiary/aromatic N) is 1. The predicted octanol–water partition coefficient (Wildman–Crippen LogP) is -0.634. The molecule has 1 heterocycles. The van der Waals surface area contributed by atoms with Crippen molar-refractivity contribution in [3.05, 3.63) is 34.4 Å². The van der Waals surface area contributed by atoms with E-state index in [9.17, 15) is 23.3 Å². The summed E-state index contributed by atoms with van der Waals surface area (Å²) in [6, 6.07) is 4.56. The number of para-hydroxylation sites is 1. The summed E-state index contributed by atoms with van der Waals surface area (Å²) in [6.45, 7) is 2.81. The topological polar surface area (TPSA) is 140 Å². The van der Waals surface area contributed by atoms with E-state index in [0.717, 1.165) is 12.1 Å². The highest BCUT2D eigenvalue weighted by Gasteiger charge is 2.28. The van der Waals surface area contributed by atoms with Gasteiger partial charge in [-0.25, -0.2) is 13.1 Å². The number of morpholine rings is 1. The van der Waals surface area contributed by atoms with Crippen LogP contribution in [0.2, 0.25) is 0 Å². The first-order valence-electron chi connectivity index (χ1n) is 7.68. The Morgan fingerprint density at radius 3 is 2.80 bits per heavy atom. The van der Waals surface area contributed by atoms with Crippen molar-refractivity contribution in [3.63, 3.8) is 0 Å². The van der Waals surface area contributed by atoms with E-state index < -0.39 is 31.6 Å². The molecule has 25 heavy (non-hydrogen) atoms. The van der Waals surface area contributed by atoms with Crippen molar-refractivity contribution in [2.24, 2.45) is 0 Å². The van der Waals surface area contributed by atoms with Crippen molar-refractivity contribution >= 4 is 21.6 Å². The molecule has 1 aromatic carbocycles. The third-order valence-corrected chi connectivity index (χ3v) is 5.18. The second kappa shape index (κ2) is 8.34. The van der Waals surface area contributed by atoms with Crippen LogP contribution in [0.1, 0.15) is 6.92 Å². The highest BCUT2D eigenvalue weighted by atomic mass is 32.2. The molecule has 2 atom stereocenters. The Morgan fingerprint density at radius 2 is 2.12 bits per heavy atom. The number of hydrogen-bond donors (Lipinski definition) is 3. The van der Waals surface area contributed by atoms with Crippen LogP contribution in [0.4, 0.5) is 5.69 Å². The molecule has 11 heteroatoms. The van der Waals surface area contributed by atoms with E-state index in [1.807, 2.05) is 0 Å². The van der Waals surface area contributed by atoms with Gasteiger partial charge in [0.15, 0.2) is 4.90 Å². The fraction of sp³-hybridized carbons (Fsp3) is 0.500. The highest BCUT2D eigenvalue weighted by molar-refractivity contribution is 7.89. The zero-order valence-corrected chi connectivity index (χ0v) is 14.4. The van der Waals surface area contributed by atoms with Gasteiger partial charge in [0.05, 0.1) is 17.6 Å². The molecule has 1 saturated heterocycles. The molecule has 0 unspecified atom stereocenters. The van der Waals surface area contributed by atoms with Gasteiger partial charge in [0.2, 0.25) is 15.9 Å². The van der Waals surface area contributed by atoms with E-state index in [2.05, 4.69) is 15.4 Å². The van der Waals surface area contributed by atoms with Crippen LogP contribution in [0, 0.1) is 10.1 Å². The standard InChI is InChI=1S/C14H20N4O6S/c1-10-13(15-8-9-24-10)14(19)16-6-7-17-25(22,23)12-5-3-2-4-11(12)18(20)21/h2-5,10,13,15,17H,6-9H2,1H3,(H,16,19)/t10-,13+/m1/s1. The number of nitrogens with one attached hydrogen (secondary N) is 3. The summed E-state index contributed by atoms with van der Waals surface area (Å²) in [4.78, 5) is 21.8.